The van der Waals surface area contributed by atoms with E-state index in [4.69, 9.17) is 4.74 Å². The van der Waals surface area contributed by atoms with E-state index in [1.165, 1.54) is 12.1 Å². The van der Waals surface area contributed by atoms with E-state index >= 15 is 0 Å². The Labute approximate surface area is 98.9 Å². The van der Waals surface area contributed by atoms with Gasteiger partial charge in [0.05, 0.1) is 18.1 Å². The lowest BCUT2D eigenvalue weighted by Gasteiger charge is -2.05. The molecule has 5 heteroatoms. The van der Waals surface area contributed by atoms with E-state index < -0.39 is 16.4 Å². The van der Waals surface area contributed by atoms with Gasteiger partial charge in [0.2, 0.25) is 5.82 Å². The van der Waals surface area contributed by atoms with Gasteiger partial charge in [-0.2, -0.15) is 4.39 Å². The summed E-state index contributed by atoms with van der Waals surface area (Å²) in [6.45, 7) is 6.04. The van der Waals surface area contributed by atoms with Crippen molar-refractivity contribution in [2.24, 2.45) is 0 Å². The van der Waals surface area contributed by atoms with Crippen LogP contribution < -0.4 is 0 Å². The third kappa shape index (κ3) is 3.96. The summed E-state index contributed by atoms with van der Waals surface area (Å²) >= 11 is 0. The Bertz CT molecular complexity index is 432. The normalized spacial score (nSPS) is 10.2. The number of halogens is 1. The second-order valence-corrected chi connectivity index (χ2v) is 3.77. The summed E-state index contributed by atoms with van der Waals surface area (Å²) in [6.07, 6.45) is 0.691. The number of nitro benzene ring substituents is 1. The summed E-state index contributed by atoms with van der Waals surface area (Å²) in [5, 5.41) is 10.5. The Kier molecular flexibility index (Phi) is 4.78. The van der Waals surface area contributed by atoms with Crippen LogP contribution in [0.5, 0.6) is 0 Å². The molecule has 17 heavy (non-hydrogen) atoms. The molecule has 0 spiro atoms. The van der Waals surface area contributed by atoms with Gasteiger partial charge >= 0.3 is 5.69 Å². The maximum Gasteiger partial charge on any atom is 0.305 e. The van der Waals surface area contributed by atoms with Gasteiger partial charge in [-0.25, -0.2) is 0 Å². The molecule has 92 valence electrons. The zero-order chi connectivity index (χ0) is 12.8. The lowest BCUT2D eigenvalue weighted by Crippen LogP contribution is -2.01. The summed E-state index contributed by atoms with van der Waals surface area (Å²) in [5.41, 5.74) is 0.649. The van der Waals surface area contributed by atoms with Crippen LogP contribution in [0.25, 0.3) is 0 Å². The van der Waals surface area contributed by atoms with E-state index in [1.54, 1.807) is 0 Å². The molecule has 0 radical (unpaired) electrons. The number of hydrogen-bond donors (Lipinski definition) is 0. The maximum atomic E-state index is 13.6. The molecular weight excluding hydrogens is 225 g/mol. The zero-order valence-corrected chi connectivity index (χ0v) is 9.61. The second kappa shape index (κ2) is 6.10. The van der Waals surface area contributed by atoms with Crippen LogP contribution in [0.4, 0.5) is 10.1 Å². The third-order valence-electron chi connectivity index (χ3n) is 2.19. The fraction of sp³-hybridized carbons (Fsp3) is 0.333. The van der Waals surface area contributed by atoms with Crippen LogP contribution in [0, 0.1) is 15.9 Å². The van der Waals surface area contributed by atoms with E-state index in [-0.39, 0.29) is 12.2 Å². The Hall–Kier alpha value is -1.75. The average molecular weight is 239 g/mol. The van der Waals surface area contributed by atoms with Crippen LogP contribution in [-0.4, -0.2) is 11.5 Å². The standard InChI is InChI=1S/C12H14FNO3/c1-9(2)6-7-17-8-10-4-3-5-11(12(10)13)14(15)16/h3-5H,1,6-8H2,2H3. The average Bonchev–Trinajstić information content (AvgIpc) is 2.25. The molecule has 0 saturated heterocycles. The minimum Gasteiger partial charge on any atom is -0.376 e. The highest BCUT2D eigenvalue weighted by Gasteiger charge is 2.16. The molecule has 0 bridgehead atoms. The van der Waals surface area contributed by atoms with Crippen LogP contribution >= 0.6 is 0 Å². The Morgan fingerprint density at radius 1 is 1.59 bits per heavy atom. The monoisotopic (exact) mass is 239 g/mol. The van der Waals surface area contributed by atoms with Crippen molar-refractivity contribution < 1.29 is 14.1 Å². The number of benzene rings is 1. The molecule has 0 heterocycles. The summed E-state index contributed by atoms with van der Waals surface area (Å²) in [6, 6.07) is 4.05. The summed E-state index contributed by atoms with van der Waals surface area (Å²) < 4.78 is 18.8. The first-order valence-electron chi connectivity index (χ1n) is 5.16. The number of nitro groups is 1. The van der Waals surface area contributed by atoms with Crippen molar-refractivity contribution in [2.45, 2.75) is 20.0 Å². The highest BCUT2D eigenvalue weighted by molar-refractivity contribution is 5.36. The van der Waals surface area contributed by atoms with Crippen LogP contribution in [0.2, 0.25) is 0 Å². The van der Waals surface area contributed by atoms with Gasteiger partial charge in [0.1, 0.15) is 0 Å². The van der Waals surface area contributed by atoms with Gasteiger partial charge in [-0.05, 0) is 13.3 Å². The smallest absolute Gasteiger partial charge is 0.305 e. The van der Waals surface area contributed by atoms with Gasteiger partial charge in [-0.3, -0.25) is 10.1 Å². The van der Waals surface area contributed by atoms with Gasteiger partial charge < -0.3 is 4.74 Å². The van der Waals surface area contributed by atoms with E-state index in [1.807, 2.05) is 6.92 Å². The van der Waals surface area contributed by atoms with E-state index in [9.17, 15) is 14.5 Å². The molecule has 0 atom stereocenters. The molecule has 0 aliphatic heterocycles. The molecule has 1 aromatic carbocycles. The first-order valence-corrected chi connectivity index (χ1v) is 5.16. The maximum absolute atomic E-state index is 13.6. The van der Waals surface area contributed by atoms with Gasteiger partial charge in [-0.15, -0.1) is 6.58 Å². The molecular formula is C12H14FNO3. The Morgan fingerprint density at radius 3 is 2.88 bits per heavy atom. The topological polar surface area (TPSA) is 52.4 Å². The van der Waals surface area contributed by atoms with Crippen LogP contribution in [-0.2, 0) is 11.3 Å². The van der Waals surface area contributed by atoms with Crippen molar-refractivity contribution in [3.8, 4) is 0 Å². The van der Waals surface area contributed by atoms with Crippen molar-refractivity contribution in [3.63, 3.8) is 0 Å². The van der Waals surface area contributed by atoms with Gasteiger partial charge in [0.15, 0.2) is 0 Å². The summed E-state index contributed by atoms with van der Waals surface area (Å²) in [5.74, 6) is -0.826. The molecule has 0 aliphatic rings. The van der Waals surface area contributed by atoms with E-state index in [0.717, 1.165) is 11.6 Å². The number of nitrogens with zero attached hydrogens (tertiary/aromatic N) is 1. The lowest BCUT2D eigenvalue weighted by molar-refractivity contribution is -0.387. The molecule has 0 unspecified atom stereocenters. The van der Waals surface area contributed by atoms with Crippen molar-refractivity contribution >= 4 is 5.69 Å². The van der Waals surface area contributed by atoms with Crippen molar-refractivity contribution in [3.05, 3.63) is 51.8 Å². The number of rotatable bonds is 6. The molecule has 4 nitrogen and oxygen atoms in total. The molecule has 1 aromatic rings. The highest BCUT2D eigenvalue weighted by Crippen LogP contribution is 2.20. The summed E-state index contributed by atoms with van der Waals surface area (Å²) in [7, 11) is 0. The molecule has 1 rings (SSSR count). The predicted molar refractivity (Wildman–Crippen MR) is 62.1 cm³/mol. The lowest BCUT2D eigenvalue weighted by atomic mass is 10.2. The van der Waals surface area contributed by atoms with Crippen LogP contribution in [0.1, 0.15) is 18.9 Å². The van der Waals surface area contributed by atoms with Gasteiger partial charge in [0.25, 0.3) is 0 Å². The first-order chi connectivity index (χ1) is 8.02. The second-order valence-electron chi connectivity index (χ2n) is 3.77. The number of ether oxygens (including phenoxy) is 1. The summed E-state index contributed by atoms with van der Waals surface area (Å²) in [4.78, 5) is 9.76. The van der Waals surface area contributed by atoms with Crippen molar-refractivity contribution in [1.82, 2.24) is 0 Å². The minimum absolute atomic E-state index is 0.0286. The van der Waals surface area contributed by atoms with Crippen LogP contribution in [0.15, 0.2) is 30.4 Å². The predicted octanol–water partition coefficient (Wildman–Crippen LogP) is 3.22. The Balaban J connectivity index is 2.62. The fourth-order valence-corrected chi connectivity index (χ4v) is 1.25. The third-order valence-corrected chi connectivity index (χ3v) is 2.19. The minimum atomic E-state index is -0.826. The van der Waals surface area contributed by atoms with Gasteiger partial charge in [-0.1, -0.05) is 17.7 Å². The zero-order valence-electron chi connectivity index (χ0n) is 9.61. The quantitative estimate of drug-likeness (QED) is 0.331. The van der Waals surface area contributed by atoms with Crippen LogP contribution in [0.3, 0.4) is 0 Å². The number of hydrogen-bond acceptors (Lipinski definition) is 3. The molecule has 0 saturated carbocycles. The van der Waals surface area contributed by atoms with Gasteiger partial charge in [0, 0.05) is 11.6 Å². The SMILES string of the molecule is C=C(C)CCOCc1cccc([N+](=O)[O-])c1F. The molecule has 0 aromatic heterocycles. The van der Waals surface area contributed by atoms with Crippen molar-refractivity contribution in [1.29, 1.82) is 0 Å². The highest BCUT2D eigenvalue weighted by atomic mass is 19.1. The Morgan fingerprint density at radius 2 is 2.29 bits per heavy atom. The van der Waals surface area contributed by atoms with E-state index in [0.29, 0.717) is 13.0 Å². The van der Waals surface area contributed by atoms with Crippen molar-refractivity contribution in [2.75, 3.05) is 6.61 Å². The van der Waals surface area contributed by atoms with E-state index in [2.05, 4.69) is 6.58 Å². The fourth-order valence-electron chi connectivity index (χ4n) is 1.25. The molecule has 0 N–H and O–H groups in total. The largest absolute Gasteiger partial charge is 0.376 e. The molecule has 0 fully saturated rings. The molecule has 0 aliphatic carbocycles. The first kappa shape index (κ1) is 13.3. The molecule has 0 amide bonds.